The molecule has 1 fully saturated rings. The number of fused-ring (bicyclic) bond motifs is 1. The summed E-state index contributed by atoms with van der Waals surface area (Å²) < 4.78 is 6.01. The summed E-state index contributed by atoms with van der Waals surface area (Å²) in [6, 6.07) is 9.63. The van der Waals surface area contributed by atoms with Gasteiger partial charge in [0.25, 0.3) is 0 Å². The first-order chi connectivity index (χ1) is 11.6. The van der Waals surface area contributed by atoms with Crippen molar-refractivity contribution in [2.75, 3.05) is 11.9 Å². The van der Waals surface area contributed by atoms with Crippen molar-refractivity contribution in [3.8, 4) is 11.3 Å². The van der Waals surface area contributed by atoms with E-state index in [-0.39, 0.29) is 17.7 Å². The number of carbonyl (C=O) groups excluding carboxylic acids is 2. The standard InChI is InChI=1S/C19H20N2O3/c1-12(22)20-16-4-2-3-14(9-16)18-10-15-11-21(8-7-17(15)24-18)19(23)13-5-6-13/h2-4,9-10,13H,5-8,11H2,1H3,(H,20,22). The summed E-state index contributed by atoms with van der Waals surface area (Å²) in [5.41, 5.74) is 2.77. The molecule has 1 aliphatic carbocycles. The molecule has 1 N–H and O–H groups in total. The molecule has 0 radical (unpaired) electrons. The first kappa shape index (κ1) is 15.0. The highest BCUT2D eigenvalue weighted by atomic mass is 16.3. The lowest BCUT2D eigenvalue weighted by molar-refractivity contribution is -0.133. The van der Waals surface area contributed by atoms with Gasteiger partial charge in [0.15, 0.2) is 0 Å². The molecule has 0 spiro atoms. The Morgan fingerprint density at radius 1 is 1.25 bits per heavy atom. The lowest BCUT2D eigenvalue weighted by atomic mass is 10.1. The van der Waals surface area contributed by atoms with E-state index in [0.29, 0.717) is 6.54 Å². The Kier molecular flexibility index (Phi) is 3.63. The van der Waals surface area contributed by atoms with Gasteiger partial charge in [-0.15, -0.1) is 0 Å². The van der Waals surface area contributed by atoms with Crippen molar-refractivity contribution in [3.05, 3.63) is 41.7 Å². The van der Waals surface area contributed by atoms with Gasteiger partial charge in [-0.25, -0.2) is 0 Å². The predicted molar refractivity (Wildman–Crippen MR) is 90.3 cm³/mol. The van der Waals surface area contributed by atoms with E-state index in [4.69, 9.17) is 4.42 Å². The van der Waals surface area contributed by atoms with Crippen molar-refractivity contribution in [1.29, 1.82) is 0 Å². The van der Waals surface area contributed by atoms with Crippen LogP contribution in [0.15, 0.2) is 34.7 Å². The van der Waals surface area contributed by atoms with Crippen LogP contribution in [0.2, 0.25) is 0 Å². The molecule has 2 aliphatic rings. The number of rotatable bonds is 3. The third kappa shape index (κ3) is 2.94. The Morgan fingerprint density at radius 3 is 2.83 bits per heavy atom. The molecule has 124 valence electrons. The smallest absolute Gasteiger partial charge is 0.225 e. The molecule has 1 aliphatic heterocycles. The maximum absolute atomic E-state index is 12.2. The molecule has 1 aromatic heterocycles. The zero-order valence-electron chi connectivity index (χ0n) is 13.7. The summed E-state index contributed by atoms with van der Waals surface area (Å²) in [6.45, 7) is 2.87. The first-order valence-corrected chi connectivity index (χ1v) is 8.38. The van der Waals surface area contributed by atoms with Gasteiger partial charge in [0.2, 0.25) is 11.8 Å². The minimum absolute atomic E-state index is 0.0971. The highest BCUT2D eigenvalue weighted by Crippen LogP contribution is 2.35. The van der Waals surface area contributed by atoms with E-state index in [1.54, 1.807) is 0 Å². The lowest BCUT2D eigenvalue weighted by Gasteiger charge is -2.26. The zero-order chi connectivity index (χ0) is 16.7. The number of hydrogen-bond acceptors (Lipinski definition) is 3. The van der Waals surface area contributed by atoms with Crippen LogP contribution in [0.5, 0.6) is 0 Å². The maximum Gasteiger partial charge on any atom is 0.225 e. The number of benzene rings is 1. The molecular formula is C19H20N2O3. The highest BCUT2D eigenvalue weighted by molar-refractivity contribution is 5.89. The van der Waals surface area contributed by atoms with E-state index in [1.807, 2.05) is 35.2 Å². The third-order valence-corrected chi connectivity index (χ3v) is 4.57. The van der Waals surface area contributed by atoms with Crippen LogP contribution < -0.4 is 5.32 Å². The average molecular weight is 324 g/mol. The Labute approximate surface area is 140 Å². The number of nitrogens with one attached hydrogen (secondary N) is 1. The van der Waals surface area contributed by atoms with Crippen LogP contribution in [0.4, 0.5) is 5.69 Å². The number of nitrogens with zero attached hydrogens (tertiary/aromatic N) is 1. The summed E-state index contributed by atoms with van der Waals surface area (Å²) in [5, 5.41) is 2.78. The summed E-state index contributed by atoms with van der Waals surface area (Å²) in [5.74, 6) is 2.20. The van der Waals surface area contributed by atoms with E-state index in [2.05, 4.69) is 5.32 Å². The first-order valence-electron chi connectivity index (χ1n) is 8.38. The molecule has 0 atom stereocenters. The molecule has 1 aromatic carbocycles. The van der Waals surface area contributed by atoms with Gasteiger partial charge in [-0.3, -0.25) is 9.59 Å². The van der Waals surface area contributed by atoms with E-state index >= 15 is 0 Å². The van der Waals surface area contributed by atoms with E-state index in [1.165, 1.54) is 6.92 Å². The maximum atomic E-state index is 12.2. The second kappa shape index (κ2) is 5.82. The second-order valence-electron chi connectivity index (χ2n) is 6.61. The number of furan rings is 1. The largest absolute Gasteiger partial charge is 0.461 e. The molecule has 5 nitrogen and oxygen atoms in total. The van der Waals surface area contributed by atoms with Crippen LogP contribution in [-0.2, 0) is 22.6 Å². The fraction of sp³-hybridized carbons (Fsp3) is 0.368. The van der Waals surface area contributed by atoms with Crippen molar-refractivity contribution < 1.29 is 14.0 Å². The fourth-order valence-corrected chi connectivity index (χ4v) is 3.21. The molecule has 5 heteroatoms. The van der Waals surface area contributed by atoms with Crippen LogP contribution in [0, 0.1) is 5.92 Å². The Bertz CT molecular complexity index is 805. The molecular weight excluding hydrogens is 304 g/mol. The summed E-state index contributed by atoms with van der Waals surface area (Å²) >= 11 is 0. The molecule has 0 bridgehead atoms. The van der Waals surface area contributed by atoms with Crippen LogP contribution >= 0.6 is 0 Å². The summed E-state index contributed by atoms with van der Waals surface area (Å²) in [6.07, 6.45) is 2.84. The van der Waals surface area contributed by atoms with Crippen molar-refractivity contribution in [2.24, 2.45) is 5.92 Å². The van der Waals surface area contributed by atoms with Crippen molar-refractivity contribution in [3.63, 3.8) is 0 Å². The van der Waals surface area contributed by atoms with E-state index in [9.17, 15) is 9.59 Å². The molecule has 0 unspecified atom stereocenters. The topological polar surface area (TPSA) is 62.6 Å². The van der Waals surface area contributed by atoms with Crippen molar-refractivity contribution in [1.82, 2.24) is 4.90 Å². The van der Waals surface area contributed by atoms with Crippen molar-refractivity contribution >= 4 is 17.5 Å². The van der Waals surface area contributed by atoms with Gasteiger partial charge < -0.3 is 14.6 Å². The van der Waals surface area contributed by atoms with E-state index in [0.717, 1.165) is 54.1 Å². The quantitative estimate of drug-likeness (QED) is 0.943. The average Bonchev–Trinajstić information content (AvgIpc) is 3.32. The SMILES string of the molecule is CC(=O)Nc1cccc(-c2cc3c(o2)CCN(C(=O)C2CC2)C3)c1. The molecule has 0 saturated heterocycles. The minimum atomic E-state index is -0.0971. The summed E-state index contributed by atoms with van der Waals surface area (Å²) in [7, 11) is 0. The molecule has 1 saturated carbocycles. The number of carbonyl (C=O) groups is 2. The van der Waals surface area contributed by atoms with Crippen LogP contribution in [0.25, 0.3) is 11.3 Å². The predicted octanol–water partition coefficient (Wildman–Crippen LogP) is 3.20. The number of amides is 2. The van der Waals surface area contributed by atoms with Gasteiger partial charge in [-0.1, -0.05) is 12.1 Å². The van der Waals surface area contributed by atoms with Crippen LogP contribution in [0.3, 0.4) is 0 Å². The van der Waals surface area contributed by atoms with Crippen LogP contribution in [0.1, 0.15) is 31.1 Å². The Morgan fingerprint density at radius 2 is 2.08 bits per heavy atom. The lowest BCUT2D eigenvalue weighted by Crippen LogP contribution is -2.36. The monoisotopic (exact) mass is 324 g/mol. The van der Waals surface area contributed by atoms with Gasteiger partial charge in [-0.2, -0.15) is 0 Å². The third-order valence-electron chi connectivity index (χ3n) is 4.57. The normalized spacial score (nSPS) is 16.6. The summed E-state index contributed by atoms with van der Waals surface area (Å²) in [4.78, 5) is 25.4. The molecule has 24 heavy (non-hydrogen) atoms. The fourth-order valence-electron chi connectivity index (χ4n) is 3.21. The Balaban J connectivity index is 1.56. The highest BCUT2D eigenvalue weighted by Gasteiger charge is 2.35. The molecule has 2 amide bonds. The van der Waals surface area contributed by atoms with Gasteiger partial charge >= 0.3 is 0 Å². The molecule has 2 aromatic rings. The van der Waals surface area contributed by atoms with Crippen molar-refractivity contribution in [2.45, 2.75) is 32.7 Å². The molecule has 2 heterocycles. The zero-order valence-corrected chi connectivity index (χ0v) is 13.7. The number of hydrogen-bond donors (Lipinski definition) is 1. The molecule has 4 rings (SSSR count). The minimum Gasteiger partial charge on any atom is -0.461 e. The van der Waals surface area contributed by atoms with Crippen LogP contribution in [-0.4, -0.2) is 23.3 Å². The van der Waals surface area contributed by atoms with Gasteiger partial charge in [0, 0.05) is 49.2 Å². The number of anilines is 1. The second-order valence-corrected chi connectivity index (χ2v) is 6.61. The Hall–Kier alpha value is -2.56. The van der Waals surface area contributed by atoms with Gasteiger partial charge in [0.05, 0.1) is 0 Å². The van der Waals surface area contributed by atoms with Gasteiger partial charge in [0.1, 0.15) is 11.5 Å². The van der Waals surface area contributed by atoms with Gasteiger partial charge in [-0.05, 0) is 31.0 Å². The van der Waals surface area contributed by atoms with E-state index < -0.39 is 0 Å².